The van der Waals surface area contributed by atoms with E-state index < -0.39 is 0 Å². The molecule has 0 aliphatic carbocycles. The summed E-state index contributed by atoms with van der Waals surface area (Å²) >= 11 is 0. The van der Waals surface area contributed by atoms with Crippen LogP contribution in [0.4, 0.5) is 5.69 Å². The zero-order valence-electron chi connectivity index (χ0n) is 11.5. The van der Waals surface area contributed by atoms with Gasteiger partial charge in [-0.3, -0.25) is 4.98 Å². The summed E-state index contributed by atoms with van der Waals surface area (Å²) in [4.78, 5) is 4.21. The minimum atomic E-state index is 0.147. The summed E-state index contributed by atoms with van der Waals surface area (Å²) in [6.45, 7) is 0.736. The molecule has 0 saturated heterocycles. The van der Waals surface area contributed by atoms with E-state index in [2.05, 4.69) is 22.4 Å². The zero-order chi connectivity index (χ0) is 13.9. The van der Waals surface area contributed by atoms with Gasteiger partial charge in [-0.15, -0.1) is 0 Å². The quantitative estimate of drug-likeness (QED) is 0.898. The van der Waals surface area contributed by atoms with Crippen molar-refractivity contribution in [3.63, 3.8) is 0 Å². The van der Waals surface area contributed by atoms with Crippen LogP contribution in [0.15, 0.2) is 42.7 Å². The molecule has 0 radical (unpaired) electrons. The van der Waals surface area contributed by atoms with Crippen LogP contribution in [0, 0.1) is 0 Å². The first-order valence-electron chi connectivity index (χ1n) is 6.89. The fourth-order valence-electron chi connectivity index (χ4n) is 2.97. The van der Waals surface area contributed by atoms with Crippen LogP contribution in [-0.2, 0) is 0 Å². The first-order valence-corrected chi connectivity index (χ1v) is 6.89. The second kappa shape index (κ2) is 5.51. The molecule has 104 valence electrons. The van der Waals surface area contributed by atoms with Crippen molar-refractivity contribution in [3.05, 3.63) is 53.9 Å². The van der Waals surface area contributed by atoms with E-state index in [0.29, 0.717) is 5.92 Å². The van der Waals surface area contributed by atoms with Crippen molar-refractivity contribution >= 4 is 5.69 Å². The van der Waals surface area contributed by atoms with Gasteiger partial charge in [-0.25, -0.2) is 0 Å². The summed E-state index contributed by atoms with van der Waals surface area (Å²) in [7, 11) is 1.97. The lowest BCUT2D eigenvalue weighted by atomic mass is 9.83. The van der Waals surface area contributed by atoms with Gasteiger partial charge in [-0.1, -0.05) is 18.2 Å². The Balaban J connectivity index is 2.01. The summed E-state index contributed by atoms with van der Waals surface area (Å²) in [6.07, 6.45) is 4.55. The number of nitrogens with zero attached hydrogens (tertiary/aromatic N) is 1. The molecule has 2 aromatic rings. The normalized spacial score (nSPS) is 18.9. The van der Waals surface area contributed by atoms with E-state index in [1.165, 1.54) is 5.56 Å². The molecule has 2 atom stereocenters. The Morgan fingerprint density at radius 3 is 3.00 bits per heavy atom. The molecule has 3 N–H and O–H groups in total. The lowest BCUT2D eigenvalue weighted by Gasteiger charge is -2.32. The molecule has 1 aromatic carbocycles. The van der Waals surface area contributed by atoms with Crippen LogP contribution < -0.4 is 15.8 Å². The van der Waals surface area contributed by atoms with Crippen LogP contribution in [0.1, 0.15) is 29.5 Å². The smallest absolute Gasteiger partial charge is 0.122 e. The van der Waals surface area contributed by atoms with E-state index in [0.717, 1.165) is 30.0 Å². The van der Waals surface area contributed by atoms with Crippen molar-refractivity contribution in [3.8, 4) is 5.75 Å². The van der Waals surface area contributed by atoms with Gasteiger partial charge in [0.15, 0.2) is 0 Å². The standard InChI is InChI=1S/C16H19N3O/c1-18-16(13-10-19-8-6-14(13)17)12-7-9-20-15-5-3-2-4-11(12)15/h2-6,8,10,12,16,18H,7,9H2,1H3,(H2,17,19). The summed E-state index contributed by atoms with van der Waals surface area (Å²) in [5.41, 5.74) is 9.18. The lowest BCUT2D eigenvalue weighted by molar-refractivity contribution is 0.248. The van der Waals surface area contributed by atoms with Gasteiger partial charge in [0.25, 0.3) is 0 Å². The number of nitrogens with two attached hydrogens (primary N) is 1. The number of nitrogen functional groups attached to an aromatic ring is 1. The van der Waals surface area contributed by atoms with Crippen molar-refractivity contribution in [2.45, 2.75) is 18.4 Å². The van der Waals surface area contributed by atoms with Gasteiger partial charge >= 0.3 is 0 Å². The third-order valence-corrected chi connectivity index (χ3v) is 3.94. The number of ether oxygens (including phenoxy) is 1. The topological polar surface area (TPSA) is 60.2 Å². The maximum atomic E-state index is 6.11. The van der Waals surface area contributed by atoms with Crippen LogP contribution in [-0.4, -0.2) is 18.6 Å². The summed E-state index contributed by atoms with van der Waals surface area (Å²) in [6, 6.07) is 10.2. The average molecular weight is 269 g/mol. The Morgan fingerprint density at radius 2 is 2.20 bits per heavy atom. The number of fused-ring (bicyclic) bond motifs is 1. The molecule has 4 heteroatoms. The van der Waals surface area contributed by atoms with Crippen molar-refractivity contribution in [2.75, 3.05) is 19.4 Å². The van der Waals surface area contributed by atoms with Crippen LogP contribution in [0.5, 0.6) is 5.75 Å². The van der Waals surface area contributed by atoms with Gasteiger partial charge in [0, 0.05) is 35.6 Å². The number of nitrogens with one attached hydrogen (secondary N) is 1. The predicted molar refractivity (Wildman–Crippen MR) is 79.7 cm³/mol. The van der Waals surface area contributed by atoms with Gasteiger partial charge in [0.1, 0.15) is 5.75 Å². The van der Waals surface area contributed by atoms with Gasteiger partial charge in [-0.2, -0.15) is 0 Å². The maximum Gasteiger partial charge on any atom is 0.122 e. The number of para-hydroxylation sites is 1. The highest BCUT2D eigenvalue weighted by Gasteiger charge is 2.30. The zero-order valence-corrected chi connectivity index (χ0v) is 11.5. The molecule has 0 bridgehead atoms. The SMILES string of the molecule is CNC(c1cnccc1N)C1CCOc2ccccc21. The first-order chi connectivity index (χ1) is 9.81. The molecule has 2 unspecified atom stereocenters. The van der Waals surface area contributed by atoms with E-state index in [1.807, 2.05) is 31.4 Å². The van der Waals surface area contributed by atoms with E-state index in [1.54, 1.807) is 6.20 Å². The molecule has 1 aliphatic heterocycles. The predicted octanol–water partition coefficient (Wildman–Crippen LogP) is 2.49. The highest BCUT2D eigenvalue weighted by atomic mass is 16.5. The second-order valence-corrected chi connectivity index (χ2v) is 5.05. The lowest BCUT2D eigenvalue weighted by Crippen LogP contribution is -2.28. The highest BCUT2D eigenvalue weighted by Crippen LogP contribution is 2.42. The summed E-state index contributed by atoms with van der Waals surface area (Å²) in [5.74, 6) is 1.32. The van der Waals surface area contributed by atoms with Crippen molar-refractivity contribution in [1.29, 1.82) is 0 Å². The van der Waals surface area contributed by atoms with Crippen LogP contribution in [0.2, 0.25) is 0 Å². The Bertz CT molecular complexity index is 600. The molecule has 1 aromatic heterocycles. The number of hydrogen-bond donors (Lipinski definition) is 2. The third-order valence-electron chi connectivity index (χ3n) is 3.94. The highest BCUT2D eigenvalue weighted by molar-refractivity contribution is 5.49. The molecule has 0 fully saturated rings. The number of likely N-dealkylation sites (N-methyl/N-ethyl adjacent to an activating group) is 1. The number of pyridine rings is 1. The molecule has 0 spiro atoms. The Morgan fingerprint density at radius 1 is 1.35 bits per heavy atom. The number of rotatable bonds is 3. The minimum absolute atomic E-state index is 0.147. The largest absolute Gasteiger partial charge is 0.493 e. The Hall–Kier alpha value is -2.07. The summed E-state index contributed by atoms with van der Waals surface area (Å²) < 4.78 is 5.74. The van der Waals surface area contributed by atoms with E-state index in [9.17, 15) is 0 Å². The molecular formula is C16H19N3O. The van der Waals surface area contributed by atoms with Gasteiger partial charge in [-0.05, 0) is 31.2 Å². The molecule has 0 amide bonds. The van der Waals surface area contributed by atoms with Crippen molar-refractivity contribution in [2.24, 2.45) is 0 Å². The van der Waals surface area contributed by atoms with E-state index in [4.69, 9.17) is 10.5 Å². The van der Waals surface area contributed by atoms with Crippen molar-refractivity contribution < 1.29 is 4.74 Å². The third kappa shape index (κ3) is 2.23. The minimum Gasteiger partial charge on any atom is -0.493 e. The monoisotopic (exact) mass is 269 g/mol. The average Bonchev–Trinajstić information content (AvgIpc) is 2.50. The number of anilines is 1. The molecule has 1 aliphatic rings. The van der Waals surface area contributed by atoms with Gasteiger partial charge < -0.3 is 15.8 Å². The van der Waals surface area contributed by atoms with Crippen LogP contribution in [0.3, 0.4) is 0 Å². The summed E-state index contributed by atoms with van der Waals surface area (Å²) in [5, 5.41) is 3.39. The van der Waals surface area contributed by atoms with Crippen molar-refractivity contribution in [1.82, 2.24) is 10.3 Å². The van der Waals surface area contributed by atoms with Crippen LogP contribution in [0.25, 0.3) is 0 Å². The van der Waals surface area contributed by atoms with E-state index >= 15 is 0 Å². The molecular weight excluding hydrogens is 250 g/mol. The fourth-order valence-corrected chi connectivity index (χ4v) is 2.97. The first kappa shape index (κ1) is 12.9. The molecule has 0 saturated carbocycles. The van der Waals surface area contributed by atoms with Crippen LogP contribution >= 0.6 is 0 Å². The second-order valence-electron chi connectivity index (χ2n) is 5.05. The number of aromatic nitrogens is 1. The Labute approximate surface area is 119 Å². The molecule has 4 nitrogen and oxygen atoms in total. The van der Waals surface area contributed by atoms with E-state index in [-0.39, 0.29) is 6.04 Å². The fraction of sp³-hybridized carbons (Fsp3) is 0.312. The molecule has 2 heterocycles. The van der Waals surface area contributed by atoms with Gasteiger partial charge in [0.05, 0.1) is 6.61 Å². The Kier molecular flexibility index (Phi) is 3.56. The number of hydrogen-bond acceptors (Lipinski definition) is 4. The maximum absolute atomic E-state index is 6.11. The molecule has 3 rings (SSSR count). The molecule has 20 heavy (non-hydrogen) atoms. The number of benzene rings is 1. The van der Waals surface area contributed by atoms with Gasteiger partial charge in [0.2, 0.25) is 0 Å².